The van der Waals surface area contributed by atoms with E-state index in [0.717, 1.165) is 6.42 Å². The van der Waals surface area contributed by atoms with Crippen molar-refractivity contribution in [2.24, 2.45) is 10.4 Å². The molecule has 0 fully saturated rings. The van der Waals surface area contributed by atoms with E-state index >= 15 is 0 Å². The first kappa shape index (κ1) is 9.85. The van der Waals surface area contributed by atoms with Crippen LogP contribution in [0.4, 0.5) is 0 Å². The molecule has 0 radical (unpaired) electrons. The Balaban J connectivity index is 2.86. The molecule has 1 nitrogen and oxygen atoms in total. The van der Waals surface area contributed by atoms with Crippen molar-refractivity contribution in [2.45, 2.75) is 26.7 Å². The predicted molar refractivity (Wildman–Crippen MR) is 58.0 cm³/mol. The Morgan fingerprint density at radius 1 is 1.42 bits per heavy atom. The molecule has 0 aromatic heterocycles. The molecule has 12 heavy (non-hydrogen) atoms. The average molecular weight is 183 g/mol. The van der Waals surface area contributed by atoms with Crippen LogP contribution >= 0.6 is 11.8 Å². The molecule has 1 rings (SSSR count). The van der Waals surface area contributed by atoms with Gasteiger partial charge in [-0.1, -0.05) is 13.8 Å². The van der Waals surface area contributed by atoms with Crippen LogP contribution in [0.25, 0.3) is 0 Å². The van der Waals surface area contributed by atoms with E-state index in [0.29, 0.717) is 5.41 Å². The molecule has 0 spiro atoms. The second-order valence-electron chi connectivity index (χ2n) is 4.05. The van der Waals surface area contributed by atoms with Crippen molar-refractivity contribution in [1.29, 1.82) is 0 Å². The minimum Gasteiger partial charge on any atom is -0.293 e. The molecule has 0 aliphatic heterocycles. The molecule has 68 valence electrons. The molecule has 0 aromatic carbocycles. The van der Waals surface area contributed by atoms with E-state index in [9.17, 15) is 0 Å². The molecule has 0 aromatic rings. The van der Waals surface area contributed by atoms with Gasteiger partial charge in [-0.25, -0.2) is 0 Å². The van der Waals surface area contributed by atoms with Gasteiger partial charge in [0, 0.05) is 12.8 Å². The first-order valence-corrected chi connectivity index (χ1v) is 5.50. The summed E-state index contributed by atoms with van der Waals surface area (Å²) in [7, 11) is 1.88. The fourth-order valence-electron chi connectivity index (χ4n) is 1.59. The third-order valence-electron chi connectivity index (χ3n) is 2.19. The van der Waals surface area contributed by atoms with Gasteiger partial charge in [-0.15, -0.1) is 11.8 Å². The number of nitrogens with zero attached hydrogens (tertiary/aromatic N) is 1. The summed E-state index contributed by atoms with van der Waals surface area (Å²) in [5, 5.41) is 0. The van der Waals surface area contributed by atoms with Gasteiger partial charge in [0.15, 0.2) is 0 Å². The van der Waals surface area contributed by atoms with Gasteiger partial charge >= 0.3 is 0 Å². The fraction of sp³-hybridized carbons (Fsp3) is 0.700. The van der Waals surface area contributed by atoms with E-state index in [1.165, 1.54) is 17.0 Å². The van der Waals surface area contributed by atoms with Gasteiger partial charge in [-0.2, -0.15) is 0 Å². The van der Waals surface area contributed by atoms with E-state index in [4.69, 9.17) is 0 Å². The van der Waals surface area contributed by atoms with Crippen molar-refractivity contribution >= 4 is 17.5 Å². The van der Waals surface area contributed by atoms with Crippen LogP contribution in [0.2, 0.25) is 0 Å². The zero-order chi connectivity index (χ0) is 9.19. The second-order valence-corrected chi connectivity index (χ2v) is 4.98. The average Bonchev–Trinajstić information content (AvgIpc) is 2.01. The highest BCUT2D eigenvalue weighted by Crippen LogP contribution is 2.37. The van der Waals surface area contributed by atoms with Crippen LogP contribution < -0.4 is 0 Å². The first-order chi connectivity index (χ1) is 5.57. The summed E-state index contributed by atoms with van der Waals surface area (Å²) in [5.41, 5.74) is 1.65. The van der Waals surface area contributed by atoms with E-state index in [2.05, 4.69) is 31.2 Å². The van der Waals surface area contributed by atoms with E-state index in [1.807, 2.05) is 18.8 Å². The van der Waals surface area contributed by atoms with E-state index in [1.54, 1.807) is 0 Å². The van der Waals surface area contributed by atoms with Crippen molar-refractivity contribution in [3.05, 3.63) is 11.0 Å². The highest BCUT2D eigenvalue weighted by Gasteiger charge is 2.25. The number of thioether (sulfide) groups is 1. The van der Waals surface area contributed by atoms with Gasteiger partial charge in [0.05, 0.1) is 0 Å². The van der Waals surface area contributed by atoms with Gasteiger partial charge in [0.25, 0.3) is 0 Å². The molecule has 0 atom stereocenters. The lowest BCUT2D eigenvalue weighted by Crippen LogP contribution is -2.21. The lowest BCUT2D eigenvalue weighted by molar-refractivity contribution is 0.381. The Morgan fingerprint density at radius 2 is 2.08 bits per heavy atom. The van der Waals surface area contributed by atoms with Crippen molar-refractivity contribution in [3.63, 3.8) is 0 Å². The first-order valence-electron chi connectivity index (χ1n) is 4.27. The quantitative estimate of drug-likeness (QED) is 0.608. The molecule has 1 aliphatic carbocycles. The van der Waals surface area contributed by atoms with Crippen molar-refractivity contribution in [1.82, 2.24) is 0 Å². The molecular weight excluding hydrogens is 166 g/mol. The zero-order valence-electron chi connectivity index (χ0n) is 8.35. The predicted octanol–water partition coefficient (Wildman–Crippen LogP) is 3.12. The summed E-state index contributed by atoms with van der Waals surface area (Å²) in [6, 6.07) is 0. The van der Waals surface area contributed by atoms with Crippen LogP contribution in [-0.2, 0) is 0 Å². The molecule has 0 N–H and O–H groups in total. The molecule has 0 saturated carbocycles. The summed E-state index contributed by atoms with van der Waals surface area (Å²) in [6.45, 7) is 4.61. The molecular formula is C10H17NS. The maximum Gasteiger partial charge on any atom is 0.0358 e. The maximum atomic E-state index is 4.27. The standard InChI is InChI=1S/C10H17NS/c1-10(2)6-8(11-3)5-9(7-10)12-4/h5H,6-7H2,1-4H3. The van der Waals surface area contributed by atoms with Crippen LogP contribution in [0.15, 0.2) is 16.0 Å². The highest BCUT2D eigenvalue weighted by molar-refractivity contribution is 8.02. The molecule has 0 saturated heterocycles. The lowest BCUT2D eigenvalue weighted by Gasteiger charge is -2.29. The SMILES string of the molecule is CN=C1C=C(SC)CC(C)(C)C1. The van der Waals surface area contributed by atoms with E-state index < -0.39 is 0 Å². The molecule has 1 aliphatic rings. The van der Waals surface area contributed by atoms with Crippen LogP contribution in [0.3, 0.4) is 0 Å². The van der Waals surface area contributed by atoms with E-state index in [-0.39, 0.29) is 0 Å². The zero-order valence-corrected chi connectivity index (χ0v) is 9.16. The third kappa shape index (κ3) is 2.37. The topological polar surface area (TPSA) is 12.4 Å². The highest BCUT2D eigenvalue weighted by atomic mass is 32.2. The molecule has 0 heterocycles. The summed E-state index contributed by atoms with van der Waals surface area (Å²) in [6.07, 6.45) is 6.69. The minimum atomic E-state index is 0.405. The summed E-state index contributed by atoms with van der Waals surface area (Å²) in [5.74, 6) is 0. The van der Waals surface area contributed by atoms with Crippen molar-refractivity contribution in [3.8, 4) is 0 Å². The minimum absolute atomic E-state index is 0.405. The van der Waals surface area contributed by atoms with Crippen molar-refractivity contribution < 1.29 is 0 Å². The van der Waals surface area contributed by atoms with Gasteiger partial charge < -0.3 is 0 Å². The number of rotatable bonds is 1. The number of allylic oxidation sites excluding steroid dienone is 2. The number of hydrogen-bond donors (Lipinski definition) is 0. The Bertz CT molecular complexity index is 226. The summed E-state index contributed by atoms with van der Waals surface area (Å²) < 4.78 is 0. The van der Waals surface area contributed by atoms with Gasteiger partial charge in [-0.3, -0.25) is 4.99 Å². The molecule has 2 heteroatoms. The second kappa shape index (κ2) is 3.65. The Labute approximate surface area is 79.3 Å². The largest absolute Gasteiger partial charge is 0.293 e. The normalized spacial score (nSPS) is 25.7. The summed E-state index contributed by atoms with van der Waals surface area (Å²) >= 11 is 1.85. The van der Waals surface area contributed by atoms with Crippen LogP contribution in [0.5, 0.6) is 0 Å². The van der Waals surface area contributed by atoms with Crippen LogP contribution in [0, 0.1) is 5.41 Å². The lowest BCUT2D eigenvalue weighted by atomic mass is 9.80. The Morgan fingerprint density at radius 3 is 2.58 bits per heavy atom. The summed E-state index contributed by atoms with van der Waals surface area (Å²) in [4.78, 5) is 5.73. The number of aliphatic imine (C=N–C) groups is 1. The van der Waals surface area contributed by atoms with Gasteiger partial charge in [0.1, 0.15) is 0 Å². The van der Waals surface area contributed by atoms with Crippen LogP contribution in [-0.4, -0.2) is 19.0 Å². The molecule has 0 bridgehead atoms. The van der Waals surface area contributed by atoms with Gasteiger partial charge in [-0.05, 0) is 35.5 Å². The smallest absolute Gasteiger partial charge is 0.0358 e. The monoisotopic (exact) mass is 183 g/mol. The molecule has 0 unspecified atom stereocenters. The van der Waals surface area contributed by atoms with Crippen LogP contribution in [0.1, 0.15) is 26.7 Å². The third-order valence-corrected chi connectivity index (χ3v) is 2.98. The number of hydrogen-bond acceptors (Lipinski definition) is 2. The maximum absolute atomic E-state index is 4.27. The Kier molecular flexibility index (Phi) is 2.99. The van der Waals surface area contributed by atoms with Crippen molar-refractivity contribution in [2.75, 3.05) is 13.3 Å². The molecule has 0 amide bonds. The fourth-order valence-corrected chi connectivity index (χ4v) is 2.38. The Hall–Kier alpha value is -0.240. The van der Waals surface area contributed by atoms with Gasteiger partial charge in [0.2, 0.25) is 0 Å².